The minimum absolute atomic E-state index is 0. The van der Waals surface area contributed by atoms with Gasteiger partial charge in [-0.05, 0) is 0 Å². The first-order valence-corrected chi connectivity index (χ1v) is 2.10. The SMILES string of the molecule is O=S(=O)(O)O.[KH].[PbH2]. The normalized spacial score (nSPS) is 8.29. The van der Waals surface area contributed by atoms with Crippen LogP contribution in [-0.2, 0) is 10.4 Å². The predicted molar refractivity (Wildman–Crippen MR) is 29.9 cm³/mol. The van der Waals surface area contributed by atoms with Crippen molar-refractivity contribution in [1.29, 1.82) is 0 Å². The molecule has 2 radical (unpaired) electrons. The standard InChI is InChI=1S/K.H2O4S.Pb.3H/c;1-5(2,3)4;;;;/h;(H2,1,2,3,4);;;;. The molecule has 0 rings (SSSR count). The molecule has 0 heterocycles. The molecule has 0 aliphatic carbocycles. The van der Waals surface area contributed by atoms with E-state index in [0.29, 0.717) is 0 Å². The summed E-state index contributed by atoms with van der Waals surface area (Å²) in [5.74, 6) is 0. The van der Waals surface area contributed by atoms with Crippen LogP contribution in [0.3, 0.4) is 0 Å². The van der Waals surface area contributed by atoms with E-state index < -0.39 is 10.4 Å². The van der Waals surface area contributed by atoms with Crippen LogP contribution in [0.1, 0.15) is 0 Å². The van der Waals surface area contributed by atoms with Crippen LogP contribution in [0, 0.1) is 0 Å². The number of hydrogen-bond donors (Lipinski definition) is 2. The summed E-state index contributed by atoms with van der Waals surface area (Å²) < 4.78 is 31.6. The summed E-state index contributed by atoms with van der Waals surface area (Å²) in [6.07, 6.45) is 0. The van der Waals surface area contributed by atoms with E-state index in [9.17, 15) is 0 Å². The maximum absolute atomic E-state index is 8.74. The second-order valence-corrected chi connectivity index (χ2v) is 1.34. The molecule has 0 bridgehead atoms. The molecule has 0 aromatic heterocycles. The van der Waals surface area contributed by atoms with Crippen LogP contribution >= 0.6 is 0 Å². The van der Waals surface area contributed by atoms with Crippen LogP contribution in [-0.4, -0.2) is 96.2 Å². The second kappa shape index (κ2) is 6.55. The van der Waals surface area contributed by atoms with Crippen LogP contribution in [0.5, 0.6) is 0 Å². The van der Waals surface area contributed by atoms with Crippen molar-refractivity contribution in [2.75, 3.05) is 0 Å². The average Bonchev–Trinajstić information content (AvgIpc) is 0.722. The van der Waals surface area contributed by atoms with Crippen molar-refractivity contribution in [2.45, 2.75) is 0 Å². The van der Waals surface area contributed by atoms with E-state index in [1.807, 2.05) is 0 Å². The zero-order valence-electron chi connectivity index (χ0n) is 2.83. The van der Waals surface area contributed by atoms with E-state index in [4.69, 9.17) is 17.5 Å². The van der Waals surface area contributed by atoms with Crippen molar-refractivity contribution in [2.24, 2.45) is 0 Å². The van der Waals surface area contributed by atoms with Gasteiger partial charge >= 0.3 is 89.1 Å². The number of rotatable bonds is 0. The van der Waals surface area contributed by atoms with Crippen molar-refractivity contribution in [3.63, 3.8) is 0 Å². The summed E-state index contributed by atoms with van der Waals surface area (Å²) >= 11 is 0. The molecule has 0 saturated heterocycles. The van der Waals surface area contributed by atoms with Crippen molar-refractivity contribution in [3.05, 3.63) is 0 Å². The van der Waals surface area contributed by atoms with Gasteiger partial charge in [0.1, 0.15) is 0 Å². The molecule has 0 aliphatic rings. The fraction of sp³-hybridized carbons (Fsp3) is 0. The second-order valence-electron chi connectivity index (χ2n) is 0.448. The van der Waals surface area contributed by atoms with Gasteiger partial charge in [0.2, 0.25) is 0 Å². The molecule has 0 spiro atoms. The first-order valence-electron chi connectivity index (χ1n) is 0.698. The molecule has 0 amide bonds. The van der Waals surface area contributed by atoms with Gasteiger partial charge in [0.05, 0.1) is 0 Å². The van der Waals surface area contributed by atoms with Crippen LogP contribution < -0.4 is 0 Å². The van der Waals surface area contributed by atoms with Crippen molar-refractivity contribution < 1.29 is 17.5 Å². The van der Waals surface area contributed by atoms with Crippen molar-refractivity contribution >= 4 is 89.1 Å². The molecule has 0 fully saturated rings. The van der Waals surface area contributed by atoms with Crippen LogP contribution in [0.4, 0.5) is 0 Å². The van der Waals surface area contributed by atoms with E-state index in [1.165, 1.54) is 0 Å². The van der Waals surface area contributed by atoms with Gasteiger partial charge in [-0.2, -0.15) is 8.42 Å². The Kier molecular flexibility index (Phi) is 15.2. The Hall–Kier alpha value is 2.43. The van der Waals surface area contributed by atoms with Crippen LogP contribution in [0.2, 0.25) is 0 Å². The van der Waals surface area contributed by atoms with E-state index in [-0.39, 0.29) is 78.7 Å². The molecule has 2 N–H and O–H groups in total. The van der Waals surface area contributed by atoms with E-state index in [2.05, 4.69) is 0 Å². The molecule has 4 nitrogen and oxygen atoms in total. The molecular weight excluding hydrogens is 342 g/mol. The predicted octanol–water partition coefficient (Wildman–Crippen LogP) is -2.22. The third-order valence-corrected chi connectivity index (χ3v) is 0. The van der Waals surface area contributed by atoms with Gasteiger partial charge in [0, 0.05) is 0 Å². The Morgan fingerprint density at radius 1 is 1.14 bits per heavy atom. The van der Waals surface area contributed by atoms with Crippen molar-refractivity contribution in [3.8, 4) is 0 Å². The maximum atomic E-state index is 8.74. The summed E-state index contributed by atoms with van der Waals surface area (Å²) in [6.45, 7) is 0. The van der Waals surface area contributed by atoms with Crippen LogP contribution in [0.15, 0.2) is 0 Å². The van der Waals surface area contributed by atoms with Gasteiger partial charge in [-0.15, -0.1) is 0 Å². The Labute approximate surface area is 104 Å². The molecule has 0 aliphatic heterocycles. The van der Waals surface area contributed by atoms with Gasteiger partial charge in [-0.25, -0.2) is 0 Å². The first-order chi connectivity index (χ1) is 2.00. The van der Waals surface area contributed by atoms with E-state index in [0.717, 1.165) is 0 Å². The van der Waals surface area contributed by atoms with Gasteiger partial charge in [-0.3, -0.25) is 9.11 Å². The van der Waals surface area contributed by atoms with Gasteiger partial charge in [0.25, 0.3) is 0 Å². The summed E-state index contributed by atoms with van der Waals surface area (Å²) in [4.78, 5) is 0. The zero-order chi connectivity index (χ0) is 4.50. The Morgan fingerprint density at radius 2 is 1.14 bits per heavy atom. The molecular formula is H5KO4PbS. The molecule has 0 saturated carbocycles. The van der Waals surface area contributed by atoms with Crippen molar-refractivity contribution in [1.82, 2.24) is 0 Å². The van der Waals surface area contributed by atoms with Crippen LogP contribution in [0.25, 0.3) is 0 Å². The Morgan fingerprint density at radius 3 is 1.14 bits per heavy atom. The molecule has 7 heavy (non-hydrogen) atoms. The molecule has 0 aromatic rings. The summed E-state index contributed by atoms with van der Waals surface area (Å²) in [7, 11) is -4.67. The Balaban J connectivity index is -0.0000000800. The van der Waals surface area contributed by atoms with E-state index in [1.54, 1.807) is 0 Å². The van der Waals surface area contributed by atoms with Gasteiger partial charge < -0.3 is 0 Å². The Bertz CT molecular complexity index is 94.9. The minimum atomic E-state index is -4.67. The van der Waals surface area contributed by atoms with Gasteiger partial charge in [0.15, 0.2) is 0 Å². The topological polar surface area (TPSA) is 74.6 Å². The average molecular weight is 347 g/mol. The molecule has 0 atom stereocenters. The molecule has 0 unspecified atom stereocenters. The van der Waals surface area contributed by atoms with E-state index >= 15 is 0 Å². The molecule has 40 valence electrons. The number of hydrogen-bond acceptors (Lipinski definition) is 2. The zero-order valence-corrected chi connectivity index (χ0v) is 9.14. The fourth-order valence-electron chi connectivity index (χ4n) is 0. The monoisotopic (exact) mass is 348 g/mol. The molecule has 7 heteroatoms. The summed E-state index contributed by atoms with van der Waals surface area (Å²) in [5.41, 5.74) is 0. The summed E-state index contributed by atoms with van der Waals surface area (Å²) in [6, 6.07) is 0. The fourth-order valence-corrected chi connectivity index (χ4v) is 0. The first kappa shape index (κ1) is 16.2. The third-order valence-electron chi connectivity index (χ3n) is 0. The van der Waals surface area contributed by atoms with Gasteiger partial charge in [-0.1, -0.05) is 0 Å². The third kappa shape index (κ3) is 59.1. The quantitative estimate of drug-likeness (QED) is 0.385. The summed E-state index contributed by atoms with van der Waals surface area (Å²) in [5, 5.41) is 0. The molecule has 0 aromatic carbocycles.